The van der Waals surface area contributed by atoms with E-state index in [0.29, 0.717) is 43.1 Å². The van der Waals surface area contributed by atoms with E-state index in [9.17, 15) is 14.3 Å². The highest BCUT2D eigenvalue weighted by molar-refractivity contribution is 6.30. The molecule has 1 aromatic carbocycles. The first kappa shape index (κ1) is 34.8. The first-order valence-corrected chi connectivity index (χ1v) is 15.8. The molecule has 1 aliphatic heterocycles. The number of esters is 1. The molecule has 0 radical (unpaired) electrons. The molecule has 45 heavy (non-hydrogen) atoms. The molecule has 0 aliphatic carbocycles. The minimum atomic E-state index is -1.12. The van der Waals surface area contributed by atoms with Gasteiger partial charge in [-0.2, -0.15) is 5.10 Å². The molecule has 2 N–H and O–H groups in total. The Hall–Kier alpha value is -3.08. The Balaban J connectivity index is 1.70. The van der Waals surface area contributed by atoms with Gasteiger partial charge in [0.05, 0.1) is 27.8 Å². The largest absolute Gasteiger partial charge is 0.460 e. The smallest absolute Gasteiger partial charge is 0.313 e. The quantitative estimate of drug-likeness (QED) is 0.243. The molecule has 3 heterocycles. The Morgan fingerprint density at radius 2 is 1.87 bits per heavy atom. The van der Waals surface area contributed by atoms with Crippen LogP contribution in [0.2, 0.25) is 5.02 Å². The summed E-state index contributed by atoms with van der Waals surface area (Å²) in [5.41, 5.74) is -0.603. The molecule has 3 aromatic rings. The van der Waals surface area contributed by atoms with E-state index in [-0.39, 0.29) is 34.3 Å². The minimum Gasteiger partial charge on any atom is -0.460 e. The monoisotopic (exact) mass is 645 g/mol. The van der Waals surface area contributed by atoms with Crippen LogP contribution in [-0.4, -0.2) is 48.9 Å². The number of aliphatic hydroxyl groups excluding tert-OH is 1. The fraction of sp³-hybridized carbons (Fsp3) is 0.559. The number of halogens is 3. The van der Waals surface area contributed by atoms with E-state index in [4.69, 9.17) is 16.3 Å². The number of anilines is 2. The predicted octanol–water partition coefficient (Wildman–Crippen LogP) is 7.63. The van der Waals surface area contributed by atoms with Crippen molar-refractivity contribution in [2.45, 2.75) is 111 Å². The average Bonchev–Trinajstić information content (AvgIpc) is 3.29. The van der Waals surface area contributed by atoms with E-state index >= 15 is 4.39 Å². The summed E-state index contributed by atoms with van der Waals surface area (Å²) in [6.07, 6.45) is -0.483. The van der Waals surface area contributed by atoms with Gasteiger partial charge in [0.25, 0.3) is 0 Å². The summed E-state index contributed by atoms with van der Waals surface area (Å²) in [5.74, 6) is -0.721. The highest BCUT2D eigenvalue weighted by atomic mass is 35.5. The maximum atomic E-state index is 16.0. The van der Waals surface area contributed by atoms with Gasteiger partial charge in [-0.05, 0) is 93.8 Å². The summed E-state index contributed by atoms with van der Waals surface area (Å²) in [4.78, 5) is 20.7. The van der Waals surface area contributed by atoms with Gasteiger partial charge in [0.1, 0.15) is 17.2 Å². The van der Waals surface area contributed by atoms with Crippen molar-refractivity contribution in [3.8, 4) is 0 Å². The Morgan fingerprint density at radius 1 is 1.18 bits per heavy atom. The molecule has 0 bridgehead atoms. The molecule has 4 rings (SSSR count). The summed E-state index contributed by atoms with van der Waals surface area (Å²) >= 11 is 6.02. The molecule has 2 aromatic heterocycles. The third-order valence-corrected chi connectivity index (χ3v) is 8.51. The summed E-state index contributed by atoms with van der Waals surface area (Å²) in [7, 11) is 0. The molecule has 1 saturated heterocycles. The number of ether oxygens (including phenoxy) is 1. The second kappa shape index (κ2) is 13.0. The van der Waals surface area contributed by atoms with Crippen molar-refractivity contribution < 1.29 is 23.4 Å². The Morgan fingerprint density at radius 3 is 2.44 bits per heavy atom. The number of hydrogen-bond acceptors (Lipinski definition) is 7. The molecule has 0 spiro atoms. The Bertz CT molecular complexity index is 1550. The van der Waals surface area contributed by atoms with Gasteiger partial charge in [-0.25, -0.2) is 13.8 Å². The SMILES string of the molecule is Cc1cc(Nc2cc(C(C)O)c(F)c(CC3(C(=O)OC(C)(C)C)CCN(Cc4cccc(Cl)c4F)C(C)C3)n2)nn1C(C)(C)C. The normalized spacial score (nSPS) is 20.2. The number of rotatable bonds is 8. The fourth-order valence-corrected chi connectivity index (χ4v) is 6.25. The summed E-state index contributed by atoms with van der Waals surface area (Å²) < 4.78 is 38.6. The topological polar surface area (TPSA) is 92.5 Å². The van der Waals surface area contributed by atoms with Gasteiger partial charge in [-0.15, -0.1) is 0 Å². The van der Waals surface area contributed by atoms with Crippen LogP contribution in [0.4, 0.5) is 20.4 Å². The average molecular weight is 646 g/mol. The lowest BCUT2D eigenvalue weighted by atomic mass is 9.71. The maximum absolute atomic E-state index is 16.0. The Kier molecular flexibility index (Phi) is 10.0. The van der Waals surface area contributed by atoms with Crippen molar-refractivity contribution in [1.29, 1.82) is 0 Å². The summed E-state index contributed by atoms with van der Waals surface area (Å²) in [5, 5.41) is 18.4. The van der Waals surface area contributed by atoms with Crippen molar-refractivity contribution >= 4 is 29.2 Å². The maximum Gasteiger partial charge on any atom is 0.313 e. The fourth-order valence-electron chi connectivity index (χ4n) is 6.06. The third-order valence-electron chi connectivity index (χ3n) is 8.21. The van der Waals surface area contributed by atoms with E-state index in [1.165, 1.54) is 19.1 Å². The number of carbonyl (C=O) groups excluding carboxylic acids is 1. The Labute approximate surface area is 270 Å². The molecule has 246 valence electrons. The van der Waals surface area contributed by atoms with E-state index in [0.717, 1.165) is 5.69 Å². The number of aromatic nitrogens is 3. The number of aryl methyl sites for hydroxylation is 1. The van der Waals surface area contributed by atoms with Crippen LogP contribution in [-0.2, 0) is 28.0 Å². The summed E-state index contributed by atoms with van der Waals surface area (Å²) in [6.45, 7) is 17.7. The van der Waals surface area contributed by atoms with Crippen molar-refractivity contribution in [2.75, 3.05) is 11.9 Å². The van der Waals surface area contributed by atoms with Crippen LogP contribution in [0.25, 0.3) is 0 Å². The number of benzene rings is 1. The number of nitrogens with zero attached hydrogens (tertiary/aromatic N) is 4. The van der Waals surface area contributed by atoms with Crippen molar-refractivity contribution in [3.05, 3.63) is 69.5 Å². The molecular weight excluding hydrogens is 600 g/mol. The first-order chi connectivity index (χ1) is 20.8. The van der Waals surface area contributed by atoms with Crippen LogP contribution in [0, 0.1) is 24.0 Å². The highest BCUT2D eigenvalue weighted by Crippen LogP contribution is 2.42. The molecule has 0 saturated carbocycles. The molecule has 0 amide bonds. The van der Waals surface area contributed by atoms with E-state index in [1.54, 1.807) is 32.9 Å². The van der Waals surface area contributed by atoms with Crippen LogP contribution in [0.5, 0.6) is 0 Å². The predicted molar refractivity (Wildman–Crippen MR) is 173 cm³/mol. The van der Waals surface area contributed by atoms with Gasteiger partial charge >= 0.3 is 5.97 Å². The van der Waals surface area contributed by atoms with Crippen LogP contribution in [0.1, 0.15) is 96.9 Å². The van der Waals surface area contributed by atoms with E-state index in [1.807, 2.05) is 45.4 Å². The zero-order valence-electron chi connectivity index (χ0n) is 27.8. The second-order valence-corrected chi connectivity index (χ2v) is 14.8. The number of piperidine rings is 1. The van der Waals surface area contributed by atoms with Gasteiger partial charge in [0.15, 0.2) is 11.6 Å². The number of hydrogen-bond donors (Lipinski definition) is 2. The molecule has 1 aliphatic rings. The summed E-state index contributed by atoms with van der Waals surface area (Å²) in [6, 6.07) is 8.10. The van der Waals surface area contributed by atoms with Gasteiger partial charge in [0.2, 0.25) is 0 Å². The van der Waals surface area contributed by atoms with Gasteiger partial charge < -0.3 is 15.2 Å². The van der Waals surface area contributed by atoms with Gasteiger partial charge in [-0.3, -0.25) is 14.4 Å². The molecule has 3 atom stereocenters. The van der Waals surface area contributed by atoms with Crippen LogP contribution >= 0.6 is 11.6 Å². The number of nitrogens with one attached hydrogen (secondary N) is 1. The number of likely N-dealkylation sites (tertiary alicyclic amines) is 1. The van der Waals surface area contributed by atoms with Crippen LogP contribution in [0.3, 0.4) is 0 Å². The zero-order valence-corrected chi connectivity index (χ0v) is 28.5. The van der Waals surface area contributed by atoms with Crippen LogP contribution < -0.4 is 5.32 Å². The highest BCUT2D eigenvalue weighted by Gasteiger charge is 2.47. The zero-order chi connectivity index (χ0) is 33.5. The van der Waals surface area contributed by atoms with E-state index < -0.39 is 34.7 Å². The lowest BCUT2D eigenvalue weighted by Crippen LogP contribution is -2.51. The lowest BCUT2D eigenvalue weighted by Gasteiger charge is -2.45. The first-order valence-electron chi connectivity index (χ1n) is 15.4. The minimum absolute atomic E-state index is 0.0395. The molecule has 11 heteroatoms. The number of pyridine rings is 1. The number of carbonyl (C=O) groups is 1. The molecular formula is C34H46ClF2N5O3. The van der Waals surface area contributed by atoms with E-state index in [2.05, 4.69) is 20.3 Å². The van der Waals surface area contributed by atoms with Crippen molar-refractivity contribution in [2.24, 2.45) is 5.41 Å². The number of aliphatic hydroxyl groups is 1. The molecule has 1 fully saturated rings. The van der Waals surface area contributed by atoms with Crippen molar-refractivity contribution in [1.82, 2.24) is 19.7 Å². The van der Waals surface area contributed by atoms with Gasteiger partial charge in [0, 0.05) is 41.9 Å². The van der Waals surface area contributed by atoms with Gasteiger partial charge in [-0.1, -0.05) is 23.7 Å². The standard InChI is InChI=1S/C34H46ClF2N5O3/c1-20-15-28(40-42(20)32(4,5)6)39-27-16-24(22(3)43)30(37)26(38-27)18-34(31(44)45-33(7,8)9)13-14-41(21(2)17-34)19-23-11-10-12-25(35)29(23)36/h10-12,15-16,21-22,43H,13-14,17-19H2,1-9H3,(H,38,39,40). The lowest BCUT2D eigenvalue weighted by molar-refractivity contribution is -0.172. The van der Waals surface area contributed by atoms with Crippen LogP contribution in [0.15, 0.2) is 30.3 Å². The van der Waals surface area contributed by atoms with Crippen molar-refractivity contribution in [3.63, 3.8) is 0 Å². The molecule has 8 nitrogen and oxygen atoms in total. The second-order valence-electron chi connectivity index (χ2n) is 14.4. The molecule has 3 unspecified atom stereocenters. The third kappa shape index (κ3) is 8.02.